The Bertz CT molecular complexity index is 1360. The Morgan fingerprint density at radius 3 is 2.40 bits per heavy atom. The van der Waals surface area contributed by atoms with E-state index in [1.165, 1.54) is 12.1 Å². The van der Waals surface area contributed by atoms with Crippen LogP contribution in [0.4, 0.5) is 14.5 Å². The molecule has 0 radical (unpaired) electrons. The molecule has 3 N–H and O–H groups in total. The van der Waals surface area contributed by atoms with E-state index < -0.39 is 33.1 Å². The summed E-state index contributed by atoms with van der Waals surface area (Å²) in [5, 5.41) is 7.10. The van der Waals surface area contributed by atoms with E-state index in [9.17, 15) is 22.0 Å². The zero-order valence-corrected chi connectivity index (χ0v) is 20.4. The summed E-state index contributed by atoms with van der Waals surface area (Å²) < 4.78 is 57.2. The average molecular weight is 503 g/mol. The molecule has 4 rings (SSSR count). The second kappa shape index (κ2) is 9.88. The van der Waals surface area contributed by atoms with Crippen LogP contribution in [0, 0.1) is 11.6 Å². The molecule has 3 aromatic rings. The van der Waals surface area contributed by atoms with Crippen molar-refractivity contribution in [2.45, 2.75) is 29.8 Å². The highest BCUT2D eigenvalue weighted by Gasteiger charge is 2.43. The zero-order chi connectivity index (χ0) is 25.2. The molecule has 0 unspecified atom stereocenters. The smallest absolute Gasteiger partial charge is 0.242 e. The first kappa shape index (κ1) is 25.0. The molecule has 0 aromatic heterocycles. The van der Waals surface area contributed by atoms with E-state index in [1.54, 1.807) is 18.2 Å². The minimum Gasteiger partial charge on any atom is -0.377 e. The molecule has 35 heavy (non-hydrogen) atoms. The van der Waals surface area contributed by atoms with Crippen LogP contribution in [0.15, 0.2) is 59.5 Å². The van der Waals surface area contributed by atoms with Crippen LogP contribution < -0.4 is 20.3 Å². The maximum absolute atomic E-state index is 14.1. The number of anilines is 1. The third-order valence-electron chi connectivity index (χ3n) is 6.31. The summed E-state index contributed by atoms with van der Waals surface area (Å²) in [7, 11) is -0.347. The van der Waals surface area contributed by atoms with E-state index in [4.69, 9.17) is 0 Å². The molecule has 7 nitrogen and oxygen atoms in total. The number of carbonyl (C=O) groups excluding carboxylic acids is 1. The van der Waals surface area contributed by atoms with Crippen molar-refractivity contribution in [2.24, 2.45) is 0 Å². The second-order valence-electron chi connectivity index (χ2n) is 8.88. The summed E-state index contributed by atoms with van der Waals surface area (Å²) in [6.45, 7) is 0.671. The van der Waals surface area contributed by atoms with Gasteiger partial charge < -0.3 is 15.5 Å². The van der Waals surface area contributed by atoms with Gasteiger partial charge in [0.05, 0.1) is 4.90 Å². The van der Waals surface area contributed by atoms with E-state index >= 15 is 0 Å². The molecule has 0 atom stereocenters. The van der Waals surface area contributed by atoms with Gasteiger partial charge in [0.15, 0.2) is 0 Å². The van der Waals surface area contributed by atoms with Crippen molar-refractivity contribution in [2.75, 3.05) is 32.1 Å². The highest BCUT2D eigenvalue weighted by molar-refractivity contribution is 7.89. The number of nitrogens with one attached hydrogen (secondary N) is 3. The molecule has 1 aliphatic heterocycles. The first-order chi connectivity index (χ1) is 16.6. The van der Waals surface area contributed by atoms with Crippen molar-refractivity contribution in [3.8, 4) is 0 Å². The standard InChI is InChI=1S/C25H28F2N4O3S/c1-31(2)22-7-3-6-20-19(22)5-4-8-23(20)35(33,34)30-25(11-13-28-14-12-25)24(32)29-16-17-9-10-18(26)15-21(17)27/h3-10,15,28,30H,11-14,16H2,1-2H3,(H,29,32). The minimum absolute atomic E-state index is 0.0778. The lowest BCUT2D eigenvalue weighted by Crippen LogP contribution is -2.62. The van der Waals surface area contributed by atoms with Crippen molar-refractivity contribution in [1.29, 1.82) is 0 Å². The number of carbonyl (C=O) groups is 1. The van der Waals surface area contributed by atoms with Crippen molar-refractivity contribution in [3.05, 3.63) is 71.8 Å². The molecular weight excluding hydrogens is 474 g/mol. The van der Waals surface area contributed by atoms with Crippen LogP contribution in [0.25, 0.3) is 10.8 Å². The largest absolute Gasteiger partial charge is 0.377 e. The van der Waals surface area contributed by atoms with Gasteiger partial charge in [-0.25, -0.2) is 17.2 Å². The first-order valence-corrected chi connectivity index (χ1v) is 12.8. The number of hydrogen-bond acceptors (Lipinski definition) is 5. The molecule has 0 saturated carbocycles. The van der Waals surface area contributed by atoms with Gasteiger partial charge in [-0.3, -0.25) is 4.79 Å². The molecule has 1 fully saturated rings. The number of hydrogen-bond donors (Lipinski definition) is 3. The lowest BCUT2D eigenvalue weighted by Gasteiger charge is -2.36. The molecular formula is C25H28F2N4O3S. The van der Waals surface area contributed by atoms with E-state index in [0.29, 0.717) is 18.5 Å². The highest BCUT2D eigenvalue weighted by Crippen LogP contribution is 2.31. The van der Waals surface area contributed by atoms with Gasteiger partial charge in [0.25, 0.3) is 0 Å². The molecule has 10 heteroatoms. The molecule has 3 aromatic carbocycles. The maximum Gasteiger partial charge on any atom is 0.242 e. The average Bonchev–Trinajstić information content (AvgIpc) is 2.82. The normalized spacial score (nSPS) is 15.7. The third-order valence-corrected chi connectivity index (χ3v) is 7.90. The molecule has 1 aliphatic rings. The number of benzene rings is 3. The number of nitrogens with zero attached hydrogens (tertiary/aromatic N) is 1. The topological polar surface area (TPSA) is 90.5 Å². The van der Waals surface area contributed by atoms with Gasteiger partial charge in [-0.05, 0) is 44.1 Å². The fourth-order valence-corrected chi connectivity index (χ4v) is 6.09. The Morgan fingerprint density at radius 1 is 1.03 bits per heavy atom. The predicted octanol–water partition coefficient (Wildman–Crippen LogP) is 2.90. The van der Waals surface area contributed by atoms with E-state index in [1.807, 2.05) is 31.1 Å². The van der Waals surface area contributed by atoms with Gasteiger partial charge in [0, 0.05) is 48.7 Å². The van der Waals surface area contributed by atoms with Crippen LogP contribution in [-0.4, -0.2) is 47.0 Å². The summed E-state index contributed by atoms with van der Waals surface area (Å²) in [6, 6.07) is 13.6. The SMILES string of the molecule is CN(C)c1cccc2c(S(=O)(=O)NC3(C(=O)NCc4ccc(F)cc4F)CCNCC3)cccc12. The fourth-order valence-electron chi connectivity index (χ4n) is 4.44. The number of amides is 1. The van der Waals surface area contributed by atoms with E-state index in [0.717, 1.165) is 23.2 Å². The van der Waals surface area contributed by atoms with Crippen molar-refractivity contribution >= 4 is 32.4 Å². The maximum atomic E-state index is 14.1. The molecule has 0 bridgehead atoms. The highest BCUT2D eigenvalue weighted by atomic mass is 32.2. The van der Waals surface area contributed by atoms with Crippen LogP contribution in [0.5, 0.6) is 0 Å². The summed E-state index contributed by atoms with van der Waals surface area (Å²) in [5.74, 6) is -2.05. The summed E-state index contributed by atoms with van der Waals surface area (Å²) >= 11 is 0. The van der Waals surface area contributed by atoms with Gasteiger partial charge in [-0.2, -0.15) is 4.72 Å². The second-order valence-corrected chi connectivity index (χ2v) is 10.5. The van der Waals surface area contributed by atoms with Gasteiger partial charge in [-0.1, -0.05) is 30.3 Å². The van der Waals surface area contributed by atoms with E-state index in [-0.39, 0.29) is 29.8 Å². The monoisotopic (exact) mass is 502 g/mol. The number of fused-ring (bicyclic) bond motifs is 1. The Kier molecular flexibility index (Phi) is 7.07. The van der Waals surface area contributed by atoms with Crippen molar-refractivity contribution in [1.82, 2.24) is 15.4 Å². The molecule has 1 amide bonds. The van der Waals surface area contributed by atoms with Gasteiger partial charge in [0.1, 0.15) is 17.2 Å². The van der Waals surface area contributed by atoms with Gasteiger partial charge in [0.2, 0.25) is 15.9 Å². The lowest BCUT2D eigenvalue weighted by atomic mass is 9.88. The fraction of sp³-hybridized carbons (Fsp3) is 0.320. The molecule has 1 saturated heterocycles. The molecule has 0 spiro atoms. The van der Waals surface area contributed by atoms with Crippen molar-refractivity contribution < 1.29 is 22.0 Å². The van der Waals surface area contributed by atoms with Crippen LogP contribution in [0.3, 0.4) is 0 Å². The Balaban J connectivity index is 1.65. The summed E-state index contributed by atoms with van der Waals surface area (Å²) in [5.41, 5.74) is -0.436. The molecule has 0 aliphatic carbocycles. The van der Waals surface area contributed by atoms with Crippen molar-refractivity contribution in [3.63, 3.8) is 0 Å². The van der Waals surface area contributed by atoms with Crippen LogP contribution in [0.1, 0.15) is 18.4 Å². The zero-order valence-electron chi connectivity index (χ0n) is 19.6. The van der Waals surface area contributed by atoms with Crippen LogP contribution in [0.2, 0.25) is 0 Å². The summed E-state index contributed by atoms with van der Waals surface area (Å²) in [4.78, 5) is 15.3. The van der Waals surface area contributed by atoms with E-state index in [2.05, 4.69) is 15.4 Å². The van der Waals surface area contributed by atoms with Gasteiger partial charge in [-0.15, -0.1) is 0 Å². The lowest BCUT2D eigenvalue weighted by molar-refractivity contribution is -0.128. The summed E-state index contributed by atoms with van der Waals surface area (Å²) in [6.07, 6.45) is 0.440. The molecule has 186 valence electrons. The predicted molar refractivity (Wildman–Crippen MR) is 132 cm³/mol. The number of halogens is 2. The number of rotatable bonds is 7. The van der Waals surface area contributed by atoms with Crippen LogP contribution in [-0.2, 0) is 21.4 Å². The van der Waals surface area contributed by atoms with Crippen LogP contribution >= 0.6 is 0 Å². The van der Waals surface area contributed by atoms with Gasteiger partial charge >= 0.3 is 0 Å². The number of sulfonamides is 1. The minimum atomic E-state index is -4.11. The third kappa shape index (κ3) is 5.14. The Labute approximate surface area is 203 Å². The molecule has 1 heterocycles. The number of piperidine rings is 1. The first-order valence-electron chi connectivity index (χ1n) is 11.3. The Hall–Kier alpha value is -3.08. The Morgan fingerprint density at radius 2 is 1.71 bits per heavy atom. The quantitative estimate of drug-likeness (QED) is 0.462.